The van der Waals surface area contributed by atoms with E-state index in [1.807, 2.05) is 19.9 Å². The van der Waals surface area contributed by atoms with Crippen molar-refractivity contribution in [2.75, 3.05) is 88.2 Å². The molecule has 0 aromatic rings. The van der Waals surface area contributed by atoms with Gasteiger partial charge in [-0.1, -0.05) is 91.2 Å². The molecule has 0 aromatic carbocycles. The van der Waals surface area contributed by atoms with Crippen molar-refractivity contribution in [1.29, 1.82) is 0 Å². The molecule has 5 heterocycles. The van der Waals surface area contributed by atoms with Crippen molar-refractivity contribution in [3.8, 4) is 0 Å². The number of amides is 12. The lowest BCUT2D eigenvalue weighted by Gasteiger charge is -2.51. The first-order chi connectivity index (χ1) is 52.2. The first kappa shape index (κ1) is 87.0. The number of carbonyl (C=O) groups excluding carboxylic acids is 12. The number of nitrogens with zero attached hydrogens (tertiary/aromatic N) is 10. The Kier molecular flexibility index (Phi) is 30.2. The van der Waals surface area contributed by atoms with Crippen molar-refractivity contribution < 1.29 is 84.2 Å². The van der Waals surface area contributed by atoms with E-state index in [-0.39, 0.29) is 89.9 Å². The number of fused-ring (bicyclic) bond motifs is 4. The van der Waals surface area contributed by atoms with E-state index in [4.69, 9.17) is 4.74 Å². The Balaban J connectivity index is 1.12. The first-order valence-corrected chi connectivity index (χ1v) is 41.2. The van der Waals surface area contributed by atoms with E-state index < -0.39 is 205 Å². The third-order valence-electron chi connectivity index (χ3n) is 26.4. The number of ether oxygens (including phenoxy) is 1. The molecule has 1 spiro atoms. The van der Waals surface area contributed by atoms with Gasteiger partial charge in [0, 0.05) is 88.0 Å². The number of piperidine rings is 1. The molecule has 110 heavy (non-hydrogen) atoms. The second-order valence-corrected chi connectivity index (χ2v) is 33.6. The Bertz CT molecular complexity index is 3300. The number of carbonyl (C=O) groups is 12. The van der Waals surface area contributed by atoms with Crippen LogP contribution in [-0.2, 0) is 62.3 Å². The number of nitrogens with one attached hydrogen (secondary N) is 2. The van der Waals surface area contributed by atoms with Gasteiger partial charge in [-0.2, -0.15) is 13.2 Å². The molecule has 2 bridgehead atoms. The minimum atomic E-state index is -5.17. The molecule has 4 saturated heterocycles. The number of halogens is 5. The molecule has 618 valence electrons. The van der Waals surface area contributed by atoms with Gasteiger partial charge in [0.2, 0.25) is 70.9 Å². The Hall–Kier alpha value is -7.01. The van der Waals surface area contributed by atoms with Crippen molar-refractivity contribution in [3.05, 3.63) is 12.2 Å². The highest BCUT2D eigenvalue weighted by Crippen LogP contribution is 2.46. The predicted octanol–water partition coefficient (Wildman–Crippen LogP) is 7.36. The third kappa shape index (κ3) is 19.6. The molecule has 9 rings (SSSR count). The number of likely N-dealkylation sites (N-methyl/N-ethyl adjacent to an activating group) is 6. The SMILES string of the molecule is CCC[C@H]1C(=O)N[C@@H]([C@@H](C)CC)C(=O)N2CCC[C@H]2C(=O)N(C)[C@H]2C/C=C\CCN(C2=O)[C@@H](CC2CCC(C)CC2)C(=O)N(C)CC(=O)N[C@@H](CCC2CC(F)C(C(F)(F)F)C(F)C2)C(=O)N2C[C@H](OCC)C[C@H]2C(=O)N(C)C2(CCC2)C(=O)N(C)[C@@H](C2CCCC2)C(=O)N(C)[C@H](C(=O)N2CCCCC2)CC(=O)N1C. The van der Waals surface area contributed by atoms with Gasteiger partial charge in [0.25, 0.3) is 0 Å². The number of likely N-dealkylation sites (tertiary alicyclic amines) is 1. The van der Waals surface area contributed by atoms with Gasteiger partial charge in [-0.3, -0.25) is 57.5 Å². The number of rotatable bonds is 13. The fourth-order valence-corrected chi connectivity index (χ4v) is 19.2. The summed E-state index contributed by atoms with van der Waals surface area (Å²) in [5, 5.41) is 5.76. The van der Waals surface area contributed by atoms with Gasteiger partial charge >= 0.3 is 6.18 Å². The van der Waals surface area contributed by atoms with Crippen molar-refractivity contribution in [2.45, 2.75) is 299 Å². The average molecular weight is 1560 g/mol. The lowest BCUT2D eigenvalue weighted by Crippen LogP contribution is -2.68. The predicted molar refractivity (Wildman–Crippen MR) is 400 cm³/mol. The second kappa shape index (κ2) is 38.2. The van der Waals surface area contributed by atoms with Crippen molar-refractivity contribution in [3.63, 3.8) is 0 Å². The highest BCUT2D eigenvalue weighted by atomic mass is 19.4. The normalized spacial score (nSPS) is 33.5. The summed E-state index contributed by atoms with van der Waals surface area (Å²) in [4.78, 5) is 199. The average Bonchev–Trinajstić information content (AvgIpc) is 1.19. The van der Waals surface area contributed by atoms with Crippen LogP contribution in [0, 0.1) is 35.5 Å². The van der Waals surface area contributed by atoms with Crippen molar-refractivity contribution in [1.82, 2.24) is 59.6 Å². The molecule has 2 unspecified atom stereocenters. The van der Waals surface area contributed by atoms with Gasteiger partial charge in [-0.25, -0.2) is 8.78 Å². The number of alkyl halides is 5. The smallest absolute Gasteiger partial charge is 0.377 e. The summed E-state index contributed by atoms with van der Waals surface area (Å²) >= 11 is 0. The van der Waals surface area contributed by atoms with Crippen molar-refractivity contribution in [2.24, 2.45) is 35.5 Å². The fraction of sp³-hybridized carbons (Fsp3) is 0.825. The molecule has 30 heteroatoms. The zero-order valence-corrected chi connectivity index (χ0v) is 67.0. The van der Waals surface area contributed by atoms with E-state index >= 15 is 61.5 Å². The largest absolute Gasteiger partial charge is 0.397 e. The van der Waals surface area contributed by atoms with Crippen LogP contribution in [0.5, 0.6) is 0 Å². The van der Waals surface area contributed by atoms with E-state index in [0.717, 1.165) is 49.8 Å². The van der Waals surface area contributed by atoms with Crippen LogP contribution < -0.4 is 10.6 Å². The molecule has 8 fully saturated rings. The van der Waals surface area contributed by atoms with Crippen LogP contribution in [0.15, 0.2) is 12.2 Å². The van der Waals surface area contributed by atoms with E-state index in [1.54, 1.807) is 24.8 Å². The molecule has 0 radical (unpaired) electrons. The topological polar surface area (TPSA) is 271 Å². The summed E-state index contributed by atoms with van der Waals surface area (Å²) in [6.45, 7) is 9.47. The Morgan fingerprint density at radius 3 is 1.88 bits per heavy atom. The minimum absolute atomic E-state index is 0.0349. The molecule has 9 aliphatic rings. The van der Waals surface area contributed by atoms with E-state index in [1.165, 1.54) is 81.5 Å². The van der Waals surface area contributed by atoms with Gasteiger partial charge < -0.3 is 64.4 Å². The maximum atomic E-state index is 15.9. The Labute approximate surface area is 646 Å². The van der Waals surface area contributed by atoms with Gasteiger partial charge in [0.1, 0.15) is 78.2 Å². The van der Waals surface area contributed by atoms with Gasteiger partial charge in [0.05, 0.1) is 19.1 Å². The molecule has 4 aliphatic carbocycles. The molecule has 4 saturated carbocycles. The highest BCUT2D eigenvalue weighted by molar-refractivity contribution is 6.01. The van der Waals surface area contributed by atoms with Crippen LogP contribution in [0.1, 0.15) is 214 Å². The van der Waals surface area contributed by atoms with Crippen molar-refractivity contribution >= 4 is 70.9 Å². The van der Waals surface area contributed by atoms with Crippen LogP contribution in [0.25, 0.3) is 0 Å². The lowest BCUT2D eigenvalue weighted by molar-refractivity contribution is -0.219. The molecule has 2 N–H and O–H groups in total. The second-order valence-electron chi connectivity index (χ2n) is 33.6. The molecule has 25 nitrogen and oxygen atoms in total. The van der Waals surface area contributed by atoms with Crippen LogP contribution in [0.2, 0.25) is 0 Å². The molecular weight excluding hydrogens is 1430 g/mol. The molecule has 0 aromatic heterocycles. The number of hydrogen-bond acceptors (Lipinski definition) is 13. The van der Waals surface area contributed by atoms with E-state index in [9.17, 15) is 18.0 Å². The maximum absolute atomic E-state index is 15.9. The Morgan fingerprint density at radius 1 is 0.609 bits per heavy atom. The lowest BCUT2D eigenvalue weighted by atomic mass is 9.73. The quantitative estimate of drug-likeness (QED) is 0.135. The fourth-order valence-electron chi connectivity index (χ4n) is 19.2. The van der Waals surface area contributed by atoms with Gasteiger partial charge in [-0.05, 0) is 152 Å². The third-order valence-corrected chi connectivity index (χ3v) is 26.4. The van der Waals surface area contributed by atoms with E-state index in [2.05, 4.69) is 17.6 Å². The van der Waals surface area contributed by atoms with Gasteiger partial charge in [0.15, 0.2) is 0 Å². The molecule has 12 amide bonds. The Morgan fingerprint density at radius 2 is 1.27 bits per heavy atom. The molecule has 13 atom stereocenters. The van der Waals surface area contributed by atoms with E-state index in [0.29, 0.717) is 76.8 Å². The van der Waals surface area contributed by atoms with Crippen LogP contribution in [-0.4, -0.2) is 293 Å². The monoisotopic (exact) mass is 1560 g/mol. The maximum Gasteiger partial charge on any atom is 0.397 e. The minimum Gasteiger partial charge on any atom is -0.377 e. The number of hydrogen-bond donors (Lipinski definition) is 2. The molecule has 5 aliphatic heterocycles. The van der Waals surface area contributed by atoms with Crippen LogP contribution in [0.4, 0.5) is 22.0 Å². The standard InChI is InChI=1S/C80H125F5N12O13/c1-12-25-58-69(100)87-67(50(5)13-2)76(107)95-41-23-29-60(95)72(103)90(8)59-28-17-15-22-40-96(75(59)106)62(44-51-32-30-49(4)31-33-51)71(102)88(6)48-64(98)86-57(35-34-52-42-55(81)66(56(82)43-52)80(83,84)85)70(101)97-47-54(110-14-3)45-63(97)73(104)93(11)79(36-24-37-79)78(109)92(10)68(53-26-18-19-27-53)77(108)91(9)61(46-65(99)89(58)7)74(105)94-38-20-16-21-39-94/h15,17,49-63,66-68H,12-14,16,18-48H2,1-11H3,(H,86,98)(H,87,100)/b17-15-/t49?,50-,51?,52?,54+,55?,56?,57-,58-,59-,60-,61-,62-,63-,66?,67-,68-/m0/s1. The summed E-state index contributed by atoms with van der Waals surface area (Å²) in [6, 6.07) is -11.5. The summed E-state index contributed by atoms with van der Waals surface area (Å²) in [7, 11) is 8.71. The summed E-state index contributed by atoms with van der Waals surface area (Å²) in [6.07, 6.45) is 0.529. The summed E-state index contributed by atoms with van der Waals surface area (Å²) < 4.78 is 79.4. The zero-order valence-electron chi connectivity index (χ0n) is 67.0. The van der Waals surface area contributed by atoms with Crippen LogP contribution in [0.3, 0.4) is 0 Å². The summed E-state index contributed by atoms with van der Waals surface area (Å²) in [5.74, 6) is -12.2. The first-order valence-electron chi connectivity index (χ1n) is 41.2. The highest BCUT2D eigenvalue weighted by Gasteiger charge is 2.58. The van der Waals surface area contributed by atoms with Crippen LogP contribution >= 0.6 is 0 Å². The van der Waals surface area contributed by atoms with Gasteiger partial charge in [-0.15, -0.1) is 0 Å². The summed E-state index contributed by atoms with van der Waals surface area (Å²) in [5.41, 5.74) is -1.59. The molecular formula is C80H125F5N12O13. The zero-order chi connectivity index (χ0) is 80.4.